The molecule has 3 N–H and O–H groups in total. The minimum absolute atomic E-state index is 0.121. The molecule has 8 heteroatoms. The third-order valence-corrected chi connectivity index (χ3v) is 10.1. The third-order valence-electron chi connectivity index (χ3n) is 10.1. The summed E-state index contributed by atoms with van der Waals surface area (Å²) in [5.74, 6) is -0.362. The lowest BCUT2D eigenvalue weighted by Gasteiger charge is -2.41. The smallest absolute Gasteiger partial charge is 0.257 e. The number of piperazine rings is 1. The van der Waals surface area contributed by atoms with Crippen LogP contribution in [0.5, 0.6) is 5.75 Å². The molecule has 2 amide bonds. The van der Waals surface area contributed by atoms with Crippen molar-refractivity contribution in [3.05, 3.63) is 47.5 Å². The Labute approximate surface area is 249 Å². The number of carbonyl (C=O) groups is 2. The zero-order valence-corrected chi connectivity index (χ0v) is 24.7. The molecule has 2 aliphatic carbocycles. The van der Waals surface area contributed by atoms with Crippen LogP contribution in [0.2, 0.25) is 0 Å². The number of carbonyl (C=O) groups excluding carboxylic acids is 2. The molecular weight excluding hydrogens is 530 g/mol. The third kappa shape index (κ3) is 6.16. The average Bonchev–Trinajstić information content (AvgIpc) is 3.79. The molecule has 2 aromatic carbocycles. The zero-order valence-electron chi connectivity index (χ0n) is 24.7. The molecule has 0 unspecified atom stereocenters. The maximum Gasteiger partial charge on any atom is 0.257 e. The first-order chi connectivity index (χ1) is 20.4. The Morgan fingerprint density at radius 2 is 1.33 bits per heavy atom. The molecule has 2 saturated carbocycles. The Kier molecular flexibility index (Phi) is 8.46. The number of aliphatic hydroxyl groups is 1. The van der Waals surface area contributed by atoms with Crippen LogP contribution in [0.25, 0.3) is 11.1 Å². The minimum atomic E-state index is -1.19. The summed E-state index contributed by atoms with van der Waals surface area (Å²) >= 11 is 0. The normalized spacial score (nSPS) is 22.0. The maximum atomic E-state index is 13.3. The Balaban J connectivity index is 1.13. The van der Waals surface area contributed by atoms with Gasteiger partial charge in [0.2, 0.25) is 0 Å². The van der Waals surface area contributed by atoms with E-state index in [4.69, 9.17) is 4.89 Å². The van der Waals surface area contributed by atoms with Crippen LogP contribution in [0.1, 0.15) is 99.4 Å². The van der Waals surface area contributed by atoms with Crippen molar-refractivity contribution >= 4 is 17.5 Å². The number of benzene rings is 2. The lowest BCUT2D eigenvalue weighted by molar-refractivity contribution is -0.144. The first kappa shape index (κ1) is 29.0. The highest BCUT2D eigenvalue weighted by molar-refractivity contribution is 5.98. The number of anilines is 1. The van der Waals surface area contributed by atoms with Crippen molar-refractivity contribution in [3.63, 3.8) is 0 Å². The summed E-state index contributed by atoms with van der Waals surface area (Å²) in [4.78, 5) is 33.8. The largest absolute Gasteiger partial charge is 0.380 e. The monoisotopic (exact) mass is 575 g/mol. The van der Waals surface area contributed by atoms with Crippen molar-refractivity contribution in [2.75, 3.05) is 31.5 Å². The number of aryl methyl sites for hydroxylation is 1. The lowest BCUT2D eigenvalue weighted by Crippen LogP contribution is -2.53. The Hall–Kier alpha value is -3.10. The van der Waals surface area contributed by atoms with E-state index in [9.17, 15) is 20.0 Å². The van der Waals surface area contributed by atoms with E-state index in [1.807, 2.05) is 6.07 Å². The second kappa shape index (κ2) is 12.3. The van der Waals surface area contributed by atoms with Crippen molar-refractivity contribution in [2.45, 2.75) is 101 Å². The summed E-state index contributed by atoms with van der Waals surface area (Å²) in [6.45, 7) is 1.49. The van der Waals surface area contributed by atoms with E-state index in [0.29, 0.717) is 39.0 Å². The number of nitrogens with zero attached hydrogens (tertiary/aromatic N) is 2. The van der Waals surface area contributed by atoms with Gasteiger partial charge in [-0.25, -0.2) is 5.26 Å². The van der Waals surface area contributed by atoms with Crippen molar-refractivity contribution in [3.8, 4) is 16.9 Å². The number of nitrogens with one attached hydrogen (secondary N) is 1. The van der Waals surface area contributed by atoms with Gasteiger partial charge in [-0.05, 0) is 79.5 Å². The van der Waals surface area contributed by atoms with Crippen LogP contribution in [0.3, 0.4) is 0 Å². The van der Waals surface area contributed by atoms with Crippen molar-refractivity contribution in [2.24, 2.45) is 0 Å². The van der Waals surface area contributed by atoms with Gasteiger partial charge in [0.1, 0.15) is 5.60 Å². The van der Waals surface area contributed by atoms with Crippen molar-refractivity contribution < 1.29 is 24.8 Å². The molecule has 6 rings (SSSR count). The molecule has 2 heterocycles. The van der Waals surface area contributed by atoms with E-state index in [1.54, 1.807) is 21.9 Å². The van der Waals surface area contributed by atoms with E-state index in [2.05, 4.69) is 23.5 Å². The van der Waals surface area contributed by atoms with Crippen LogP contribution < -0.4 is 10.2 Å². The predicted molar refractivity (Wildman–Crippen MR) is 163 cm³/mol. The Morgan fingerprint density at radius 1 is 0.738 bits per heavy atom. The molecule has 226 valence electrons. The van der Waals surface area contributed by atoms with Gasteiger partial charge in [-0.3, -0.25) is 9.59 Å². The fourth-order valence-corrected chi connectivity index (χ4v) is 7.18. The van der Waals surface area contributed by atoms with Gasteiger partial charge in [0.05, 0.1) is 5.56 Å². The molecule has 1 saturated heterocycles. The topological polar surface area (TPSA) is 102 Å². The van der Waals surface area contributed by atoms with E-state index in [-0.39, 0.29) is 28.7 Å². The molecule has 42 heavy (non-hydrogen) atoms. The van der Waals surface area contributed by atoms with Gasteiger partial charge in [0.15, 0.2) is 5.75 Å². The highest BCUT2D eigenvalue weighted by Crippen LogP contribution is 2.40. The summed E-state index contributed by atoms with van der Waals surface area (Å²) in [6.07, 6.45) is 16.5. The van der Waals surface area contributed by atoms with Gasteiger partial charge >= 0.3 is 0 Å². The highest BCUT2D eigenvalue weighted by atomic mass is 17.1. The van der Waals surface area contributed by atoms with E-state index >= 15 is 0 Å². The molecule has 3 fully saturated rings. The fourth-order valence-electron chi connectivity index (χ4n) is 7.18. The standard InChI is InChI=1S/C34H45N3O5/c38-31(36-19-21-37(22-20-36)32(39)34(40)17-18-34)28-11-9-26(24-30(28)42-41)25-10-12-29-27(23-25)13-16-33(35-29)14-7-5-3-1-2-4-6-8-15-33/h9-12,23-24,35,40-41H,1-8,13-22H2. The van der Waals surface area contributed by atoms with Crippen molar-refractivity contribution in [1.29, 1.82) is 0 Å². The number of amides is 2. The molecule has 8 nitrogen and oxygen atoms in total. The fraction of sp³-hybridized carbons (Fsp3) is 0.588. The molecule has 0 aromatic heterocycles. The number of rotatable bonds is 4. The van der Waals surface area contributed by atoms with Crippen LogP contribution in [-0.2, 0) is 11.2 Å². The Morgan fingerprint density at radius 3 is 1.98 bits per heavy atom. The Bertz CT molecular complexity index is 1290. The first-order valence-corrected chi connectivity index (χ1v) is 16.1. The number of fused-ring (bicyclic) bond motifs is 1. The first-order valence-electron chi connectivity index (χ1n) is 16.1. The SMILES string of the molecule is O=C(c1ccc(-c2ccc3c(c2)CCC2(CCCCCCCCCC2)N3)cc1OO)N1CCN(C(=O)C2(O)CC2)CC1. The summed E-state index contributed by atoms with van der Waals surface area (Å²) in [5.41, 5.74) is 3.74. The van der Waals surface area contributed by atoms with Gasteiger partial charge in [-0.15, -0.1) is 0 Å². The molecule has 2 aliphatic heterocycles. The van der Waals surface area contributed by atoms with Crippen LogP contribution in [0.4, 0.5) is 5.69 Å². The van der Waals surface area contributed by atoms with E-state index in [0.717, 1.165) is 24.0 Å². The molecule has 0 bridgehead atoms. The van der Waals surface area contributed by atoms with Crippen LogP contribution in [-0.4, -0.2) is 69.3 Å². The summed E-state index contributed by atoms with van der Waals surface area (Å²) in [7, 11) is 0. The van der Waals surface area contributed by atoms with Gasteiger partial charge in [-0.2, -0.15) is 0 Å². The number of hydrogen-bond acceptors (Lipinski definition) is 6. The van der Waals surface area contributed by atoms with Gasteiger partial charge < -0.3 is 25.1 Å². The van der Waals surface area contributed by atoms with E-state index in [1.165, 1.54) is 75.5 Å². The zero-order chi connectivity index (χ0) is 29.2. The molecule has 1 spiro atoms. The molecule has 2 aromatic rings. The maximum absolute atomic E-state index is 13.3. The van der Waals surface area contributed by atoms with Crippen LogP contribution >= 0.6 is 0 Å². The quantitative estimate of drug-likeness (QED) is 0.304. The minimum Gasteiger partial charge on any atom is -0.380 e. The van der Waals surface area contributed by atoms with Gasteiger partial charge in [0, 0.05) is 37.4 Å². The second-order valence-electron chi connectivity index (χ2n) is 13.0. The van der Waals surface area contributed by atoms with Gasteiger partial charge in [0.25, 0.3) is 11.8 Å². The van der Waals surface area contributed by atoms with Gasteiger partial charge in [-0.1, -0.05) is 63.5 Å². The van der Waals surface area contributed by atoms with Crippen molar-refractivity contribution in [1.82, 2.24) is 9.80 Å². The average molecular weight is 576 g/mol. The van der Waals surface area contributed by atoms with E-state index < -0.39 is 5.60 Å². The number of hydrogen-bond donors (Lipinski definition) is 3. The van der Waals surface area contributed by atoms with Crippen LogP contribution in [0.15, 0.2) is 36.4 Å². The highest BCUT2D eigenvalue weighted by Gasteiger charge is 2.50. The second-order valence-corrected chi connectivity index (χ2v) is 13.0. The predicted octanol–water partition coefficient (Wildman–Crippen LogP) is 6.03. The molecular formula is C34H45N3O5. The molecule has 0 atom stereocenters. The summed E-state index contributed by atoms with van der Waals surface area (Å²) in [5, 5.41) is 23.8. The summed E-state index contributed by atoms with van der Waals surface area (Å²) < 4.78 is 0. The molecule has 0 radical (unpaired) electrons. The lowest BCUT2D eigenvalue weighted by atomic mass is 9.78. The van der Waals surface area contributed by atoms with Crippen LogP contribution in [0, 0.1) is 0 Å². The summed E-state index contributed by atoms with van der Waals surface area (Å²) in [6, 6.07) is 11.9. The molecule has 4 aliphatic rings.